The Morgan fingerprint density at radius 1 is 1.44 bits per heavy atom. The van der Waals surface area contributed by atoms with E-state index in [1.54, 1.807) is 19.2 Å². The first-order chi connectivity index (χ1) is 8.61. The van der Waals surface area contributed by atoms with Gasteiger partial charge in [-0.15, -0.1) is 0 Å². The molecule has 1 aliphatic carbocycles. The van der Waals surface area contributed by atoms with Gasteiger partial charge in [-0.05, 0) is 43.9 Å². The fraction of sp³-hybridized carbons (Fsp3) is 0.500. The number of anilines is 1. The van der Waals surface area contributed by atoms with Crippen molar-refractivity contribution in [3.63, 3.8) is 0 Å². The van der Waals surface area contributed by atoms with Gasteiger partial charge in [0.2, 0.25) is 0 Å². The second kappa shape index (κ2) is 5.40. The third-order valence-corrected chi connectivity index (χ3v) is 3.61. The normalized spacial score (nSPS) is 23.0. The predicted octanol–water partition coefficient (Wildman–Crippen LogP) is 1.87. The van der Waals surface area contributed by atoms with Gasteiger partial charge in [-0.25, -0.2) is 0 Å². The van der Waals surface area contributed by atoms with Gasteiger partial charge in [-0.1, -0.05) is 6.07 Å². The number of benzene rings is 1. The summed E-state index contributed by atoms with van der Waals surface area (Å²) in [4.78, 5) is 12.1. The zero-order chi connectivity index (χ0) is 13.1. The number of nitrogens with two attached hydrogens (primary N) is 1. The molecule has 4 heteroatoms. The fourth-order valence-electron chi connectivity index (χ4n) is 2.41. The Kier molecular flexibility index (Phi) is 3.87. The molecule has 0 spiro atoms. The summed E-state index contributed by atoms with van der Waals surface area (Å²) in [7, 11) is 1.69. The molecule has 1 saturated carbocycles. The van der Waals surface area contributed by atoms with E-state index in [0.29, 0.717) is 11.3 Å². The van der Waals surface area contributed by atoms with Crippen LogP contribution in [0.1, 0.15) is 35.2 Å². The van der Waals surface area contributed by atoms with Gasteiger partial charge in [0.05, 0.1) is 12.1 Å². The van der Waals surface area contributed by atoms with Crippen LogP contribution in [-0.2, 0) is 4.74 Å². The summed E-state index contributed by atoms with van der Waals surface area (Å²) in [6.07, 6.45) is 3.22. The SMILES string of the molecule is COC1CCCC1NC(=O)c1ccc(C)c(N)c1. The van der Waals surface area contributed by atoms with Crippen molar-refractivity contribution in [3.05, 3.63) is 29.3 Å². The van der Waals surface area contributed by atoms with E-state index in [9.17, 15) is 4.79 Å². The summed E-state index contributed by atoms with van der Waals surface area (Å²) in [6.45, 7) is 1.93. The first kappa shape index (κ1) is 12.9. The number of hydrogen-bond acceptors (Lipinski definition) is 3. The van der Waals surface area contributed by atoms with Gasteiger partial charge < -0.3 is 15.8 Å². The van der Waals surface area contributed by atoms with E-state index >= 15 is 0 Å². The van der Waals surface area contributed by atoms with Crippen LogP contribution in [0.15, 0.2) is 18.2 Å². The molecule has 0 heterocycles. The molecule has 3 N–H and O–H groups in total. The van der Waals surface area contributed by atoms with E-state index in [1.165, 1.54) is 0 Å². The molecule has 2 unspecified atom stereocenters. The first-order valence-electron chi connectivity index (χ1n) is 6.31. The van der Waals surface area contributed by atoms with E-state index in [2.05, 4.69) is 5.32 Å². The summed E-state index contributed by atoms with van der Waals surface area (Å²) in [5.41, 5.74) is 8.06. The third-order valence-electron chi connectivity index (χ3n) is 3.61. The number of aryl methyl sites for hydroxylation is 1. The number of nitrogens with one attached hydrogen (secondary N) is 1. The maximum absolute atomic E-state index is 12.1. The zero-order valence-electron chi connectivity index (χ0n) is 10.9. The maximum atomic E-state index is 12.1. The fourth-order valence-corrected chi connectivity index (χ4v) is 2.41. The minimum atomic E-state index is -0.0735. The molecule has 1 fully saturated rings. The molecule has 1 amide bonds. The van der Waals surface area contributed by atoms with Gasteiger partial charge in [-0.2, -0.15) is 0 Å². The Hall–Kier alpha value is -1.55. The van der Waals surface area contributed by atoms with Crippen molar-refractivity contribution in [2.24, 2.45) is 0 Å². The summed E-state index contributed by atoms with van der Waals surface area (Å²) in [6, 6.07) is 5.51. The minimum Gasteiger partial charge on any atom is -0.398 e. The molecule has 1 aliphatic rings. The van der Waals surface area contributed by atoms with Gasteiger partial charge in [-0.3, -0.25) is 4.79 Å². The smallest absolute Gasteiger partial charge is 0.251 e. The monoisotopic (exact) mass is 248 g/mol. The van der Waals surface area contributed by atoms with Crippen LogP contribution in [0, 0.1) is 6.92 Å². The molecule has 1 aromatic carbocycles. The van der Waals surface area contributed by atoms with Gasteiger partial charge >= 0.3 is 0 Å². The highest BCUT2D eigenvalue weighted by molar-refractivity contribution is 5.95. The molecule has 2 atom stereocenters. The molecule has 2 rings (SSSR count). The quantitative estimate of drug-likeness (QED) is 0.803. The molecule has 0 bridgehead atoms. The molecule has 98 valence electrons. The molecule has 4 nitrogen and oxygen atoms in total. The van der Waals surface area contributed by atoms with Crippen molar-refractivity contribution in [3.8, 4) is 0 Å². The zero-order valence-corrected chi connectivity index (χ0v) is 10.9. The van der Waals surface area contributed by atoms with Crippen molar-refractivity contribution >= 4 is 11.6 Å². The minimum absolute atomic E-state index is 0.0735. The van der Waals surface area contributed by atoms with Crippen molar-refractivity contribution in [2.75, 3.05) is 12.8 Å². The number of carbonyl (C=O) groups is 1. The van der Waals surface area contributed by atoms with Crippen LogP contribution in [0.2, 0.25) is 0 Å². The maximum Gasteiger partial charge on any atom is 0.251 e. The van der Waals surface area contributed by atoms with Gasteiger partial charge in [0, 0.05) is 18.4 Å². The Bertz CT molecular complexity index is 445. The average molecular weight is 248 g/mol. The molecular weight excluding hydrogens is 228 g/mol. The van der Waals surface area contributed by atoms with Crippen molar-refractivity contribution in [1.82, 2.24) is 5.32 Å². The highest BCUT2D eigenvalue weighted by atomic mass is 16.5. The third kappa shape index (κ3) is 2.64. The predicted molar refractivity (Wildman–Crippen MR) is 71.5 cm³/mol. The standard InChI is InChI=1S/C14H20N2O2/c1-9-6-7-10(8-11(9)15)14(17)16-12-4-3-5-13(12)18-2/h6-8,12-13H,3-5,15H2,1-2H3,(H,16,17). The Morgan fingerprint density at radius 2 is 2.22 bits per heavy atom. The molecule has 0 aliphatic heterocycles. The van der Waals surface area contributed by atoms with Crippen LogP contribution in [0.5, 0.6) is 0 Å². The Labute approximate surface area is 108 Å². The van der Waals surface area contributed by atoms with Gasteiger partial charge in [0.25, 0.3) is 5.91 Å². The van der Waals surface area contributed by atoms with Crippen LogP contribution in [0.25, 0.3) is 0 Å². The van der Waals surface area contributed by atoms with Crippen LogP contribution >= 0.6 is 0 Å². The average Bonchev–Trinajstić information content (AvgIpc) is 2.79. The highest BCUT2D eigenvalue weighted by Crippen LogP contribution is 2.22. The lowest BCUT2D eigenvalue weighted by atomic mass is 10.1. The highest BCUT2D eigenvalue weighted by Gasteiger charge is 2.28. The molecular formula is C14H20N2O2. The van der Waals surface area contributed by atoms with Crippen LogP contribution in [0.3, 0.4) is 0 Å². The summed E-state index contributed by atoms with van der Waals surface area (Å²) >= 11 is 0. The van der Waals surface area contributed by atoms with Gasteiger partial charge in [0.1, 0.15) is 0 Å². The van der Waals surface area contributed by atoms with Crippen molar-refractivity contribution in [2.45, 2.75) is 38.3 Å². The number of methoxy groups -OCH3 is 1. The molecule has 0 radical (unpaired) electrons. The summed E-state index contributed by atoms with van der Waals surface area (Å²) in [5, 5.41) is 3.02. The number of hydrogen-bond donors (Lipinski definition) is 2. The van der Waals surface area contributed by atoms with E-state index in [0.717, 1.165) is 24.8 Å². The van der Waals surface area contributed by atoms with Crippen LogP contribution < -0.4 is 11.1 Å². The second-order valence-electron chi connectivity index (χ2n) is 4.86. The van der Waals surface area contributed by atoms with Crippen LogP contribution in [-0.4, -0.2) is 25.2 Å². The summed E-state index contributed by atoms with van der Waals surface area (Å²) in [5.74, 6) is -0.0735. The number of ether oxygens (including phenoxy) is 1. The number of rotatable bonds is 3. The lowest BCUT2D eigenvalue weighted by Crippen LogP contribution is -2.40. The summed E-state index contributed by atoms with van der Waals surface area (Å²) < 4.78 is 5.36. The molecule has 18 heavy (non-hydrogen) atoms. The molecule has 1 aromatic rings. The molecule has 0 saturated heterocycles. The Morgan fingerprint density at radius 3 is 2.89 bits per heavy atom. The topological polar surface area (TPSA) is 64.3 Å². The first-order valence-corrected chi connectivity index (χ1v) is 6.31. The number of nitrogen functional groups attached to an aromatic ring is 1. The largest absolute Gasteiger partial charge is 0.398 e. The number of amides is 1. The van der Waals surface area contributed by atoms with Gasteiger partial charge in [0.15, 0.2) is 0 Å². The lowest BCUT2D eigenvalue weighted by molar-refractivity contribution is 0.0722. The van der Waals surface area contributed by atoms with E-state index in [-0.39, 0.29) is 18.1 Å². The van der Waals surface area contributed by atoms with E-state index in [4.69, 9.17) is 10.5 Å². The van der Waals surface area contributed by atoms with Crippen molar-refractivity contribution in [1.29, 1.82) is 0 Å². The lowest BCUT2D eigenvalue weighted by Gasteiger charge is -2.19. The Balaban J connectivity index is 2.05. The van der Waals surface area contributed by atoms with E-state index in [1.807, 2.05) is 13.0 Å². The molecule has 0 aromatic heterocycles. The van der Waals surface area contributed by atoms with Crippen molar-refractivity contribution < 1.29 is 9.53 Å². The van der Waals surface area contributed by atoms with E-state index < -0.39 is 0 Å². The van der Waals surface area contributed by atoms with Crippen LogP contribution in [0.4, 0.5) is 5.69 Å². The number of carbonyl (C=O) groups excluding carboxylic acids is 1. The second-order valence-corrected chi connectivity index (χ2v) is 4.86.